The van der Waals surface area contributed by atoms with Gasteiger partial charge in [0.1, 0.15) is 5.75 Å². The number of amides is 1. The van der Waals surface area contributed by atoms with Crippen LogP contribution in [-0.4, -0.2) is 35.0 Å². The van der Waals surface area contributed by atoms with Crippen molar-refractivity contribution in [3.05, 3.63) is 27.3 Å². The summed E-state index contributed by atoms with van der Waals surface area (Å²) in [5, 5.41) is 9.72. The summed E-state index contributed by atoms with van der Waals surface area (Å²) in [6.45, 7) is 3.38. The molecule has 0 saturated carbocycles. The molecule has 0 bridgehead atoms. The number of hydrogen-bond donors (Lipinski definition) is 2. The van der Waals surface area contributed by atoms with Gasteiger partial charge in [0.2, 0.25) is 0 Å². The van der Waals surface area contributed by atoms with Crippen molar-refractivity contribution in [2.75, 3.05) is 13.1 Å². The summed E-state index contributed by atoms with van der Waals surface area (Å²) in [7, 11) is 0. The summed E-state index contributed by atoms with van der Waals surface area (Å²) in [5.41, 5.74) is 6.34. The van der Waals surface area contributed by atoms with Crippen molar-refractivity contribution in [3.8, 4) is 5.75 Å². The van der Waals surface area contributed by atoms with Crippen LogP contribution in [-0.2, 0) is 0 Å². The molecule has 1 amide bonds. The number of carbonyl (C=O) groups excluding carboxylic acids is 1. The Bertz CT molecular complexity index is 479. The van der Waals surface area contributed by atoms with Gasteiger partial charge in [0.25, 0.3) is 5.91 Å². The topological polar surface area (TPSA) is 66.6 Å². The highest BCUT2D eigenvalue weighted by Crippen LogP contribution is 2.26. The predicted octanol–water partition coefficient (Wildman–Crippen LogP) is 2.20. The van der Waals surface area contributed by atoms with Gasteiger partial charge < -0.3 is 15.7 Å². The van der Waals surface area contributed by atoms with Gasteiger partial charge in [0.15, 0.2) is 0 Å². The van der Waals surface area contributed by atoms with E-state index in [9.17, 15) is 9.90 Å². The maximum absolute atomic E-state index is 12.5. The lowest BCUT2D eigenvalue weighted by atomic mass is 9.90. The molecular formula is C14H19IN2O2. The first-order valence-corrected chi connectivity index (χ1v) is 7.62. The van der Waals surface area contributed by atoms with Crippen molar-refractivity contribution in [2.45, 2.75) is 25.8 Å². The van der Waals surface area contributed by atoms with E-state index in [1.165, 1.54) is 6.07 Å². The Morgan fingerprint density at radius 3 is 2.95 bits per heavy atom. The fraction of sp³-hybridized carbons (Fsp3) is 0.500. The third-order valence-electron chi connectivity index (χ3n) is 3.81. The second-order valence-corrected chi connectivity index (χ2v) is 6.25. The summed E-state index contributed by atoms with van der Waals surface area (Å²) >= 11 is 2.04. The summed E-state index contributed by atoms with van der Waals surface area (Å²) in [4.78, 5) is 14.4. The Morgan fingerprint density at radius 2 is 2.32 bits per heavy atom. The van der Waals surface area contributed by atoms with Gasteiger partial charge in [0.05, 0.1) is 3.57 Å². The zero-order valence-electron chi connectivity index (χ0n) is 11.0. The molecule has 1 heterocycles. The summed E-state index contributed by atoms with van der Waals surface area (Å²) in [6, 6.07) is 5.16. The third kappa shape index (κ3) is 3.02. The molecule has 0 aromatic heterocycles. The van der Waals surface area contributed by atoms with Crippen molar-refractivity contribution in [3.63, 3.8) is 0 Å². The average Bonchev–Trinajstić information content (AvgIpc) is 2.40. The maximum atomic E-state index is 12.5. The van der Waals surface area contributed by atoms with E-state index in [0.717, 1.165) is 23.0 Å². The fourth-order valence-electron chi connectivity index (χ4n) is 2.67. The van der Waals surface area contributed by atoms with Gasteiger partial charge in [-0.2, -0.15) is 0 Å². The second-order valence-electron chi connectivity index (χ2n) is 5.09. The van der Waals surface area contributed by atoms with Gasteiger partial charge in [-0.05, 0) is 59.5 Å². The van der Waals surface area contributed by atoms with Crippen molar-refractivity contribution in [2.24, 2.45) is 11.7 Å². The molecule has 1 aromatic rings. The first-order chi connectivity index (χ1) is 9.04. The average molecular weight is 374 g/mol. The van der Waals surface area contributed by atoms with Gasteiger partial charge in [-0.1, -0.05) is 6.92 Å². The zero-order chi connectivity index (χ0) is 14.0. The van der Waals surface area contributed by atoms with Gasteiger partial charge in [0, 0.05) is 24.7 Å². The number of likely N-dealkylation sites (tertiary alicyclic amines) is 1. The number of piperidine rings is 1. The number of nitrogens with two attached hydrogens (primary N) is 1. The Labute approximate surface area is 127 Å². The molecule has 1 fully saturated rings. The van der Waals surface area contributed by atoms with Crippen LogP contribution < -0.4 is 5.73 Å². The molecule has 4 nitrogen and oxygen atoms in total. The van der Waals surface area contributed by atoms with E-state index >= 15 is 0 Å². The number of phenolic OH excluding ortho intramolecular Hbond substituents is 1. The molecule has 104 valence electrons. The van der Waals surface area contributed by atoms with Crippen LogP contribution in [0.5, 0.6) is 5.75 Å². The van der Waals surface area contributed by atoms with Gasteiger partial charge in [-0.15, -0.1) is 0 Å². The molecule has 5 heteroatoms. The third-order valence-corrected chi connectivity index (χ3v) is 4.72. The quantitative estimate of drug-likeness (QED) is 0.780. The molecule has 1 saturated heterocycles. The number of nitrogens with zero attached hydrogens (tertiary/aromatic N) is 1. The summed E-state index contributed by atoms with van der Waals surface area (Å²) in [6.07, 6.45) is 2.13. The standard InChI is InChI=1S/C14H19IN2O2/c1-9-3-2-6-17(12(9)8-16)14(19)10-4-5-11(15)13(18)7-10/h4-5,7,9,12,18H,2-3,6,8,16H2,1H3. The monoisotopic (exact) mass is 374 g/mol. The van der Waals surface area contributed by atoms with Crippen LogP contribution >= 0.6 is 22.6 Å². The number of aromatic hydroxyl groups is 1. The highest BCUT2D eigenvalue weighted by atomic mass is 127. The normalized spacial score (nSPS) is 23.4. The fourth-order valence-corrected chi connectivity index (χ4v) is 3.01. The molecule has 19 heavy (non-hydrogen) atoms. The lowest BCUT2D eigenvalue weighted by Crippen LogP contribution is -2.51. The molecule has 0 radical (unpaired) electrons. The van der Waals surface area contributed by atoms with Crippen LogP contribution in [0.1, 0.15) is 30.1 Å². The minimum Gasteiger partial charge on any atom is -0.507 e. The van der Waals surface area contributed by atoms with E-state index in [4.69, 9.17) is 5.73 Å². The Hall–Kier alpha value is -0.820. The van der Waals surface area contributed by atoms with Crippen LogP contribution in [0.25, 0.3) is 0 Å². The van der Waals surface area contributed by atoms with Crippen LogP contribution in [0, 0.1) is 9.49 Å². The lowest BCUT2D eigenvalue weighted by molar-refractivity contribution is 0.0532. The minimum absolute atomic E-state index is 0.0336. The largest absolute Gasteiger partial charge is 0.507 e. The number of carbonyl (C=O) groups is 1. The molecule has 2 atom stereocenters. The molecular weight excluding hydrogens is 355 g/mol. The molecule has 0 aliphatic carbocycles. The predicted molar refractivity (Wildman–Crippen MR) is 83.1 cm³/mol. The van der Waals surface area contributed by atoms with Gasteiger partial charge in [-0.25, -0.2) is 0 Å². The zero-order valence-corrected chi connectivity index (χ0v) is 13.1. The Kier molecular flexibility index (Phi) is 4.67. The number of phenols is 1. The number of halogens is 1. The number of hydrogen-bond acceptors (Lipinski definition) is 3. The van der Waals surface area contributed by atoms with E-state index in [-0.39, 0.29) is 17.7 Å². The highest BCUT2D eigenvalue weighted by molar-refractivity contribution is 14.1. The summed E-state index contributed by atoms with van der Waals surface area (Å²) in [5.74, 6) is 0.551. The van der Waals surface area contributed by atoms with E-state index < -0.39 is 0 Å². The molecule has 1 aliphatic heterocycles. The van der Waals surface area contributed by atoms with Crippen LogP contribution in [0.3, 0.4) is 0 Å². The molecule has 0 spiro atoms. The molecule has 2 rings (SSSR count). The maximum Gasteiger partial charge on any atom is 0.254 e. The Balaban J connectivity index is 2.24. The first-order valence-electron chi connectivity index (χ1n) is 6.54. The minimum atomic E-state index is -0.0336. The molecule has 1 aliphatic rings. The van der Waals surface area contributed by atoms with Crippen LogP contribution in [0.4, 0.5) is 0 Å². The van der Waals surface area contributed by atoms with Gasteiger partial charge >= 0.3 is 0 Å². The lowest BCUT2D eigenvalue weighted by Gasteiger charge is -2.39. The number of rotatable bonds is 2. The second kappa shape index (κ2) is 6.09. The molecule has 1 aromatic carbocycles. The van der Waals surface area contributed by atoms with Crippen LogP contribution in [0.15, 0.2) is 18.2 Å². The van der Waals surface area contributed by atoms with Crippen molar-refractivity contribution in [1.29, 1.82) is 0 Å². The highest BCUT2D eigenvalue weighted by Gasteiger charge is 2.31. The van der Waals surface area contributed by atoms with E-state index in [2.05, 4.69) is 6.92 Å². The van der Waals surface area contributed by atoms with Gasteiger partial charge in [-0.3, -0.25) is 4.79 Å². The van der Waals surface area contributed by atoms with Crippen LogP contribution in [0.2, 0.25) is 0 Å². The van der Waals surface area contributed by atoms with E-state index in [1.807, 2.05) is 27.5 Å². The van der Waals surface area contributed by atoms with Crippen molar-refractivity contribution < 1.29 is 9.90 Å². The molecule has 3 N–H and O–H groups in total. The van der Waals surface area contributed by atoms with E-state index in [1.54, 1.807) is 12.1 Å². The summed E-state index contributed by atoms with van der Waals surface area (Å²) < 4.78 is 0.747. The SMILES string of the molecule is CC1CCCN(C(=O)c2ccc(I)c(O)c2)C1CN. The van der Waals surface area contributed by atoms with E-state index in [0.29, 0.717) is 18.0 Å². The van der Waals surface area contributed by atoms with Crippen molar-refractivity contribution >= 4 is 28.5 Å². The van der Waals surface area contributed by atoms with Crippen molar-refractivity contribution in [1.82, 2.24) is 4.90 Å². The first kappa shape index (κ1) is 14.6. The smallest absolute Gasteiger partial charge is 0.254 e. The Morgan fingerprint density at radius 1 is 1.58 bits per heavy atom. The molecule has 2 unspecified atom stereocenters. The number of benzene rings is 1.